The molecule has 0 bridgehead atoms. The van der Waals surface area contributed by atoms with Crippen LogP contribution < -0.4 is 0 Å². The molecule has 3 nitrogen and oxygen atoms in total. The molecule has 0 N–H and O–H groups in total. The molecule has 0 saturated carbocycles. The minimum absolute atomic E-state index is 0.0688. The van der Waals surface area contributed by atoms with E-state index < -0.39 is 0 Å². The number of carbonyl (C=O) groups excluding carboxylic acids is 1. The first-order valence-corrected chi connectivity index (χ1v) is 5.78. The summed E-state index contributed by atoms with van der Waals surface area (Å²) in [6, 6.07) is 0. The molecular weight excluding hydrogens is 283 g/mol. The Balaban J connectivity index is 2.35. The molecule has 0 aliphatic carbocycles. The highest BCUT2D eigenvalue weighted by Gasteiger charge is 2.33. The molecule has 1 saturated heterocycles. The summed E-state index contributed by atoms with van der Waals surface area (Å²) in [7, 11) is 1.41. The van der Waals surface area contributed by atoms with Crippen LogP contribution >= 0.6 is 22.6 Å². The number of hydrogen-bond donors (Lipinski definition) is 0. The van der Waals surface area contributed by atoms with Crippen molar-refractivity contribution in [3.8, 4) is 0 Å². The topological polar surface area (TPSA) is 35.5 Å². The molecule has 0 aromatic carbocycles. The van der Waals surface area contributed by atoms with Crippen molar-refractivity contribution in [3.63, 3.8) is 0 Å². The fraction of sp³-hybridized carbons (Fsp3) is 0.889. The van der Waals surface area contributed by atoms with E-state index in [1.165, 1.54) is 7.11 Å². The summed E-state index contributed by atoms with van der Waals surface area (Å²) < 4.78 is 10.8. The number of rotatable bonds is 3. The first-order valence-electron chi connectivity index (χ1n) is 4.53. The van der Waals surface area contributed by atoms with Crippen LogP contribution in [-0.2, 0) is 14.3 Å². The molecule has 1 aliphatic heterocycles. The minimum Gasteiger partial charge on any atom is -0.469 e. The molecule has 3 atom stereocenters. The SMILES string of the molecule is CC[C@H]1O[C@@H](CC(=O)OC)C[C@@H]1I. The van der Waals surface area contributed by atoms with Crippen molar-refractivity contribution in [1.29, 1.82) is 0 Å². The second kappa shape index (κ2) is 5.14. The van der Waals surface area contributed by atoms with E-state index in [1.807, 2.05) is 0 Å². The van der Waals surface area contributed by atoms with Crippen molar-refractivity contribution in [2.24, 2.45) is 0 Å². The van der Waals surface area contributed by atoms with E-state index in [2.05, 4.69) is 34.3 Å². The summed E-state index contributed by atoms with van der Waals surface area (Å²) in [4.78, 5) is 11.0. The van der Waals surface area contributed by atoms with Crippen LogP contribution in [0.2, 0.25) is 0 Å². The summed E-state index contributed by atoms with van der Waals surface area (Å²) in [5.41, 5.74) is 0. The van der Waals surface area contributed by atoms with Crippen molar-refractivity contribution in [1.82, 2.24) is 0 Å². The smallest absolute Gasteiger partial charge is 0.308 e. The van der Waals surface area contributed by atoms with E-state index in [9.17, 15) is 4.79 Å². The third-order valence-electron chi connectivity index (χ3n) is 2.28. The minimum atomic E-state index is -0.176. The lowest BCUT2D eigenvalue weighted by molar-refractivity contribution is -0.143. The monoisotopic (exact) mass is 298 g/mol. The molecule has 0 aromatic heterocycles. The molecule has 1 aliphatic rings. The predicted octanol–water partition coefficient (Wildman–Crippen LogP) is 1.92. The summed E-state index contributed by atoms with van der Waals surface area (Å²) in [6.45, 7) is 2.11. The maximum absolute atomic E-state index is 11.0. The number of halogens is 1. The van der Waals surface area contributed by atoms with E-state index in [0.717, 1.165) is 12.8 Å². The molecule has 76 valence electrons. The van der Waals surface area contributed by atoms with Crippen molar-refractivity contribution >= 4 is 28.6 Å². The quantitative estimate of drug-likeness (QED) is 0.454. The zero-order valence-electron chi connectivity index (χ0n) is 7.96. The van der Waals surface area contributed by atoms with Gasteiger partial charge in [-0.3, -0.25) is 4.79 Å². The van der Waals surface area contributed by atoms with Gasteiger partial charge in [0.1, 0.15) is 0 Å². The van der Waals surface area contributed by atoms with Crippen LogP contribution in [-0.4, -0.2) is 29.2 Å². The van der Waals surface area contributed by atoms with E-state index in [1.54, 1.807) is 0 Å². The lowest BCUT2D eigenvalue weighted by Crippen LogP contribution is -2.16. The molecule has 0 unspecified atom stereocenters. The second-order valence-electron chi connectivity index (χ2n) is 3.24. The van der Waals surface area contributed by atoms with Gasteiger partial charge in [0.15, 0.2) is 0 Å². The summed E-state index contributed by atoms with van der Waals surface area (Å²) >= 11 is 2.39. The summed E-state index contributed by atoms with van der Waals surface area (Å²) in [5, 5.41) is 0. The number of alkyl halides is 1. The van der Waals surface area contributed by atoms with E-state index in [4.69, 9.17) is 4.74 Å². The molecule has 0 spiro atoms. The zero-order valence-corrected chi connectivity index (χ0v) is 10.1. The van der Waals surface area contributed by atoms with Gasteiger partial charge in [-0.2, -0.15) is 0 Å². The highest BCUT2D eigenvalue weighted by atomic mass is 127. The van der Waals surface area contributed by atoms with Gasteiger partial charge in [0, 0.05) is 3.92 Å². The molecule has 1 fully saturated rings. The van der Waals surface area contributed by atoms with E-state index in [-0.39, 0.29) is 12.1 Å². The first kappa shape index (κ1) is 11.2. The Morgan fingerprint density at radius 2 is 2.38 bits per heavy atom. The van der Waals surface area contributed by atoms with Gasteiger partial charge < -0.3 is 9.47 Å². The number of esters is 1. The average Bonchev–Trinajstić information content (AvgIpc) is 2.46. The fourth-order valence-electron chi connectivity index (χ4n) is 1.54. The maximum atomic E-state index is 11.0. The fourth-order valence-corrected chi connectivity index (χ4v) is 2.79. The van der Waals surface area contributed by atoms with Gasteiger partial charge in [0.25, 0.3) is 0 Å². The van der Waals surface area contributed by atoms with Crippen LogP contribution in [0.3, 0.4) is 0 Å². The first-order chi connectivity index (χ1) is 6.17. The highest BCUT2D eigenvalue weighted by Crippen LogP contribution is 2.30. The Kier molecular flexibility index (Phi) is 4.45. The van der Waals surface area contributed by atoms with Gasteiger partial charge in [-0.15, -0.1) is 0 Å². The van der Waals surface area contributed by atoms with Crippen LogP contribution in [0.5, 0.6) is 0 Å². The predicted molar refractivity (Wildman–Crippen MR) is 58.0 cm³/mol. The number of carbonyl (C=O) groups is 1. The normalized spacial score (nSPS) is 33.3. The van der Waals surface area contributed by atoms with Gasteiger partial charge in [0.05, 0.1) is 25.7 Å². The van der Waals surface area contributed by atoms with Crippen molar-refractivity contribution in [3.05, 3.63) is 0 Å². The van der Waals surface area contributed by atoms with Crippen LogP contribution in [0, 0.1) is 0 Å². The standard InChI is InChI=1S/C9H15IO3/c1-3-8-7(10)4-6(13-8)5-9(11)12-2/h6-8H,3-5H2,1-2H3/t6-,7+,8-/m1/s1. The third kappa shape index (κ3) is 3.09. The largest absolute Gasteiger partial charge is 0.469 e. The maximum Gasteiger partial charge on any atom is 0.308 e. The van der Waals surface area contributed by atoms with Gasteiger partial charge in [0.2, 0.25) is 0 Å². The molecule has 1 heterocycles. The van der Waals surface area contributed by atoms with Gasteiger partial charge in [-0.25, -0.2) is 0 Å². The number of ether oxygens (including phenoxy) is 2. The van der Waals surface area contributed by atoms with Crippen molar-refractivity contribution in [2.75, 3.05) is 7.11 Å². The Bertz CT molecular complexity index is 184. The molecule has 13 heavy (non-hydrogen) atoms. The van der Waals surface area contributed by atoms with Crippen LogP contribution in [0.4, 0.5) is 0 Å². The Morgan fingerprint density at radius 1 is 1.69 bits per heavy atom. The molecule has 4 heteroatoms. The van der Waals surface area contributed by atoms with Gasteiger partial charge in [-0.1, -0.05) is 29.5 Å². The van der Waals surface area contributed by atoms with Crippen molar-refractivity contribution < 1.29 is 14.3 Å². The van der Waals surface area contributed by atoms with Crippen LogP contribution in [0.25, 0.3) is 0 Å². The van der Waals surface area contributed by atoms with Crippen LogP contribution in [0.1, 0.15) is 26.2 Å². The average molecular weight is 298 g/mol. The number of methoxy groups -OCH3 is 1. The summed E-state index contributed by atoms with van der Waals surface area (Å²) in [6.07, 6.45) is 2.76. The Morgan fingerprint density at radius 3 is 2.85 bits per heavy atom. The Hall–Kier alpha value is 0.160. The molecule has 0 aromatic rings. The summed E-state index contributed by atoms with van der Waals surface area (Å²) in [5.74, 6) is -0.176. The Labute approximate surface area is 92.3 Å². The lowest BCUT2D eigenvalue weighted by Gasteiger charge is -2.11. The third-order valence-corrected chi connectivity index (χ3v) is 3.59. The van der Waals surface area contributed by atoms with Crippen molar-refractivity contribution in [2.45, 2.75) is 42.3 Å². The highest BCUT2D eigenvalue weighted by molar-refractivity contribution is 14.1. The molecule has 0 radical (unpaired) electrons. The van der Waals surface area contributed by atoms with Crippen LogP contribution in [0.15, 0.2) is 0 Å². The molecule has 0 amide bonds. The van der Waals surface area contributed by atoms with E-state index in [0.29, 0.717) is 16.4 Å². The van der Waals surface area contributed by atoms with E-state index >= 15 is 0 Å². The zero-order chi connectivity index (χ0) is 9.84. The second-order valence-corrected chi connectivity index (χ2v) is 4.84. The van der Waals surface area contributed by atoms with Gasteiger partial charge >= 0.3 is 5.97 Å². The van der Waals surface area contributed by atoms with Gasteiger partial charge in [-0.05, 0) is 12.8 Å². The molecular formula is C9H15IO3. The molecule has 1 rings (SSSR count). The number of hydrogen-bond acceptors (Lipinski definition) is 3. The lowest BCUT2D eigenvalue weighted by atomic mass is 10.1.